The van der Waals surface area contributed by atoms with Gasteiger partial charge >= 0.3 is 0 Å². The van der Waals surface area contributed by atoms with Gasteiger partial charge in [-0.1, -0.05) is 12.1 Å². The fourth-order valence-corrected chi connectivity index (χ4v) is 2.45. The van der Waals surface area contributed by atoms with E-state index in [-0.39, 0.29) is 6.10 Å². The summed E-state index contributed by atoms with van der Waals surface area (Å²) in [6.45, 7) is 3.53. The molecule has 0 atom stereocenters. The van der Waals surface area contributed by atoms with Crippen LogP contribution in [0, 0.1) is 0 Å². The monoisotopic (exact) mass is 250 g/mol. The van der Waals surface area contributed by atoms with Gasteiger partial charge in [0.15, 0.2) is 11.5 Å². The maximum Gasteiger partial charge on any atom is 0.167 e. The molecule has 0 amide bonds. The molecule has 100 valence electrons. The van der Waals surface area contributed by atoms with E-state index in [1.165, 1.54) is 12.8 Å². The van der Waals surface area contributed by atoms with Crippen LogP contribution in [0.1, 0.15) is 45.1 Å². The SMILES string of the molecule is COc1cccc(C(C)(C)O)c1OC1CCCC1. The van der Waals surface area contributed by atoms with Gasteiger partial charge in [-0.05, 0) is 45.6 Å². The zero-order chi connectivity index (χ0) is 13.2. The number of hydrogen-bond donors (Lipinski definition) is 1. The van der Waals surface area contributed by atoms with E-state index in [1.54, 1.807) is 21.0 Å². The molecular formula is C15H22O3. The summed E-state index contributed by atoms with van der Waals surface area (Å²) < 4.78 is 11.4. The van der Waals surface area contributed by atoms with Gasteiger partial charge in [-0.25, -0.2) is 0 Å². The van der Waals surface area contributed by atoms with Gasteiger partial charge < -0.3 is 14.6 Å². The Labute approximate surface area is 109 Å². The number of rotatable bonds is 4. The Hall–Kier alpha value is -1.22. The number of ether oxygens (including phenoxy) is 2. The third-order valence-corrected chi connectivity index (χ3v) is 3.44. The minimum absolute atomic E-state index is 0.252. The highest BCUT2D eigenvalue weighted by Gasteiger charge is 2.26. The first kappa shape index (κ1) is 13.2. The molecule has 0 aromatic heterocycles. The summed E-state index contributed by atoms with van der Waals surface area (Å²) >= 11 is 0. The fourth-order valence-electron chi connectivity index (χ4n) is 2.45. The van der Waals surface area contributed by atoms with Crippen molar-refractivity contribution in [2.45, 2.75) is 51.2 Å². The van der Waals surface area contributed by atoms with Gasteiger partial charge in [-0.3, -0.25) is 0 Å². The van der Waals surface area contributed by atoms with Gasteiger partial charge in [0.2, 0.25) is 0 Å². The van der Waals surface area contributed by atoms with Crippen molar-refractivity contribution in [2.75, 3.05) is 7.11 Å². The molecule has 0 radical (unpaired) electrons. The van der Waals surface area contributed by atoms with Crippen molar-refractivity contribution in [2.24, 2.45) is 0 Å². The number of hydrogen-bond acceptors (Lipinski definition) is 3. The van der Waals surface area contributed by atoms with Crippen molar-refractivity contribution in [3.63, 3.8) is 0 Å². The van der Waals surface area contributed by atoms with Gasteiger partial charge in [0.05, 0.1) is 18.8 Å². The molecule has 1 saturated carbocycles. The Morgan fingerprint density at radius 1 is 1.22 bits per heavy atom. The van der Waals surface area contributed by atoms with Crippen LogP contribution in [-0.2, 0) is 5.60 Å². The van der Waals surface area contributed by atoms with E-state index in [0.29, 0.717) is 11.5 Å². The molecule has 0 bridgehead atoms. The average Bonchev–Trinajstić information content (AvgIpc) is 2.80. The first-order valence-corrected chi connectivity index (χ1v) is 6.59. The molecule has 1 aliphatic rings. The lowest BCUT2D eigenvalue weighted by Crippen LogP contribution is -2.20. The molecule has 0 heterocycles. The standard InChI is InChI=1S/C15H22O3/c1-15(2,16)12-9-6-10-13(17-3)14(12)18-11-7-4-5-8-11/h6,9-11,16H,4-5,7-8H2,1-3H3. The summed E-state index contributed by atoms with van der Waals surface area (Å²) in [7, 11) is 1.63. The average molecular weight is 250 g/mol. The van der Waals surface area contributed by atoms with Gasteiger partial charge in [0, 0.05) is 5.56 Å². The molecule has 1 aromatic carbocycles. The molecule has 1 aromatic rings. The van der Waals surface area contributed by atoms with E-state index in [2.05, 4.69) is 0 Å². The lowest BCUT2D eigenvalue weighted by molar-refractivity contribution is 0.0714. The molecule has 0 aliphatic heterocycles. The second-order valence-electron chi connectivity index (χ2n) is 5.42. The summed E-state index contributed by atoms with van der Waals surface area (Å²) in [6.07, 6.45) is 4.87. The Bertz CT molecular complexity index is 401. The molecule has 1 fully saturated rings. The normalized spacial score (nSPS) is 16.9. The third-order valence-electron chi connectivity index (χ3n) is 3.44. The van der Waals surface area contributed by atoms with Crippen LogP contribution in [0.3, 0.4) is 0 Å². The molecule has 3 heteroatoms. The van der Waals surface area contributed by atoms with Crippen LogP contribution < -0.4 is 9.47 Å². The van der Waals surface area contributed by atoms with Crippen molar-refractivity contribution in [3.05, 3.63) is 23.8 Å². The molecule has 1 N–H and O–H groups in total. The second kappa shape index (κ2) is 5.19. The summed E-state index contributed by atoms with van der Waals surface area (Å²) in [5, 5.41) is 10.2. The highest BCUT2D eigenvalue weighted by Crippen LogP contribution is 2.39. The maximum absolute atomic E-state index is 10.2. The summed E-state index contributed by atoms with van der Waals surface area (Å²) in [6, 6.07) is 5.65. The topological polar surface area (TPSA) is 38.7 Å². The maximum atomic E-state index is 10.2. The molecular weight excluding hydrogens is 228 g/mol. The van der Waals surface area contributed by atoms with Gasteiger partial charge in [0.1, 0.15) is 0 Å². The van der Waals surface area contributed by atoms with Crippen molar-refractivity contribution in [3.8, 4) is 11.5 Å². The van der Waals surface area contributed by atoms with E-state index < -0.39 is 5.60 Å². The van der Waals surface area contributed by atoms with Crippen molar-refractivity contribution in [1.82, 2.24) is 0 Å². The molecule has 1 aliphatic carbocycles. The quantitative estimate of drug-likeness (QED) is 0.891. The van der Waals surface area contributed by atoms with E-state index in [1.807, 2.05) is 18.2 Å². The van der Waals surface area contributed by atoms with Crippen LogP contribution in [0.5, 0.6) is 11.5 Å². The van der Waals surface area contributed by atoms with Gasteiger partial charge in [-0.15, -0.1) is 0 Å². The summed E-state index contributed by atoms with van der Waals surface area (Å²) in [4.78, 5) is 0. The largest absolute Gasteiger partial charge is 0.493 e. The van der Waals surface area contributed by atoms with E-state index in [0.717, 1.165) is 18.4 Å². The first-order chi connectivity index (χ1) is 8.52. The van der Waals surface area contributed by atoms with E-state index in [9.17, 15) is 5.11 Å². The van der Waals surface area contributed by atoms with Crippen LogP contribution in [0.25, 0.3) is 0 Å². The van der Waals surface area contributed by atoms with E-state index >= 15 is 0 Å². The second-order valence-corrected chi connectivity index (χ2v) is 5.42. The minimum Gasteiger partial charge on any atom is -0.493 e. The van der Waals surface area contributed by atoms with Gasteiger partial charge in [0.25, 0.3) is 0 Å². The van der Waals surface area contributed by atoms with Crippen LogP contribution in [-0.4, -0.2) is 18.3 Å². The van der Waals surface area contributed by atoms with Crippen LogP contribution in [0.15, 0.2) is 18.2 Å². The molecule has 3 nitrogen and oxygen atoms in total. The van der Waals surface area contributed by atoms with Crippen molar-refractivity contribution in [1.29, 1.82) is 0 Å². The van der Waals surface area contributed by atoms with Crippen molar-refractivity contribution < 1.29 is 14.6 Å². The minimum atomic E-state index is -0.928. The van der Waals surface area contributed by atoms with Crippen LogP contribution in [0.4, 0.5) is 0 Å². The number of para-hydroxylation sites is 1. The Morgan fingerprint density at radius 3 is 2.44 bits per heavy atom. The third kappa shape index (κ3) is 2.78. The van der Waals surface area contributed by atoms with Crippen LogP contribution >= 0.6 is 0 Å². The molecule has 18 heavy (non-hydrogen) atoms. The first-order valence-electron chi connectivity index (χ1n) is 6.59. The Kier molecular flexibility index (Phi) is 3.81. The molecule has 2 rings (SSSR count). The van der Waals surface area contributed by atoms with E-state index in [4.69, 9.17) is 9.47 Å². The zero-order valence-electron chi connectivity index (χ0n) is 11.4. The predicted octanol–water partition coefficient (Wildman–Crippen LogP) is 3.24. The van der Waals surface area contributed by atoms with Gasteiger partial charge in [-0.2, -0.15) is 0 Å². The fraction of sp³-hybridized carbons (Fsp3) is 0.600. The molecule has 0 unspecified atom stereocenters. The van der Waals surface area contributed by atoms with Crippen molar-refractivity contribution >= 4 is 0 Å². The van der Waals surface area contributed by atoms with Crippen LogP contribution in [0.2, 0.25) is 0 Å². The Morgan fingerprint density at radius 2 is 1.89 bits per heavy atom. The predicted molar refractivity (Wildman–Crippen MR) is 71.1 cm³/mol. The lowest BCUT2D eigenvalue weighted by Gasteiger charge is -2.25. The summed E-state index contributed by atoms with van der Waals surface area (Å²) in [5.74, 6) is 1.39. The molecule has 0 spiro atoms. The zero-order valence-corrected chi connectivity index (χ0v) is 11.4. The highest BCUT2D eigenvalue weighted by atomic mass is 16.5. The number of benzene rings is 1. The number of methoxy groups -OCH3 is 1. The summed E-state index contributed by atoms with van der Waals surface area (Å²) in [5.41, 5.74) is -0.142. The Balaban J connectivity index is 2.34. The smallest absolute Gasteiger partial charge is 0.167 e. The molecule has 0 saturated heterocycles. The highest BCUT2D eigenvalue weighted by molar-refractivity contribution is 5.49. The number of aliphatic hydroxyl groups is 1. The lowest BCUT2D eigenvalue weighted by atomic mass is 9.97.